The number of hydrogen-bond acceptors (Lipinski definition) is 8. The molecule has 4 rings (SSSR count). The lowest BCUT2D eigenvalue weighted by Crippen LogP contribution is -2.33. The largest absolute Gasteiger partial charge is 0.515 e. The van der Waals surface area contributed by atoms with Gasteiger partial charge in [0.2, 0.25) is 5.28 Å². The molecule has 0 spiro atoms. The van der Waals surface area contributed by atoms with Gasteiger partial charge in [-0.1, -0.05) is 24.1 Å². The smallest absolute Gasteiger partial charge is 0.407 e. The molecule has 1 aliphatic heterocycles. The normalized spacial score (nSPS) is 20.5. The topological polar surface area (TPSA) is 111 Å². The fourth-order valence-corrected chi connectivity index (χ4v) is 3.53. The number of rotatable bonds is 6. The van der Waals surface area contributed by atoms with Crippen molar-refractivity contribution in [1.82, 2.24) is 14.5 Å². The summed E-state index contributed by atoms with van der Waals surface area (Å²) in [6.45, 7) is -0.287. The molecule has 0 radical (unpaired) electrons. The number of nitrogens with two attached hydrogens (primary N) is 1. The number of halogens is 1. The van der Waals surface area contributed by atoms with E-state index < -0.39 is 11.8 Å². The van der Waals surface area contributed by atoms with Crippen LogP contribution < -0.4 is 10.5 Å². The van der Waals surface area contributed by atoms with Gasteiger partial charge in [0, 0.05) is 6.20 Å². The molecule has 10 heteroatoms. The number of aromatic nitrogens is 3. The number of carbonyl (C=O) groups is 1. The van der Waals surface area contributed by atoms with Gasteiger partial charge in [-0.3, -0.25) is 0 Å². The molecule has 2 aromatic heterocycles. The van der Waals surface area contributed by atoms with Gasteiger partial charge in [-0.15, -0.1) is 6.42 Å². The quantitative estimate of drug-likeness (QED) is 0.154. The van der Waals surface area contributed by atoms with Crippen molar-refractivity contribution in [3.8, 4) is 18.1 Å². The van der Waals surface area contributed by atoms with E-state index in [1.54, 1.807) is 36.5 Å². The van der Waals surface area contributed by atoms with Crippen LogP contribution in [-0.2, 0) is 14.2 Å². The summed E-state index contributed by atoms with van der Waals surface area (Å²) in [6, 6.07) is 10.4. The number of ether oxygens (including phenoxy) is 4. The van der Waals surface area contributed by atoms with E-state index >= 15 is 0 Å². The first kappa shape index (κ1) is 20.9. The molecule has 1 saturated heterocycles. The van der Waals surface area contributed by atoms with Crippen LogP contribution in [0.4, 0.5) is 10.6 Å². The second-order valence-corrected chi connectivity index (χ2v) is 7.20. The van der Waals surface area contributed by atoms with Gasteiger partial charge >= 0.3 is 6.16 Å². The molecule has 160 valence electrons. The minimum atomic E-state index is -0.976. The van der Waals surface area contributed by atoms with Gasteiger partial charge in [0.25, 0.3) is 0 Å². The second kappa shape index (κ2) is 8.81. The average Bonchev–Trinajstić information content (AvgIpc) is 3.37. The van der Waals surface area contributed by atoms with Gasteiger partial charge in [0.1, 0.15) is 23.4 Å². The zero-order valence-corrected chi connectivity index (χ0v) is 17.1. The monoisotopic (exact) mass is 442 g/mol. The molecule has 31 heavy (non-hydrogen) atoms. The molecular weight excluding hydrogens is 424 g/mol. The minimum absolute atomic E-state index is 0.0374. The number of hydrogen-bond donors (Lipinski definition) is 1. The van der Waals surface area contributed by atoms with E-state index in [4.69, 9.17) is 42.7 Å². The summed E-state index contributed by atoms with van der Waals surface area (Å²) >= 11 is 5.94. The summed E-state index contributed by atoms with van der Waals surface area (Å²) in [4.78, 5) is 19.9. The van der Waals surface area contributed by atoms with E-state index in [0.29, 0.717) is 29.6 Å². The Labute approximate surface area is 183 Å². The van der Waals surface area contributed by atoms with Crippen molar-refractivity contribution in [3.05, 3.63) is 47.9 Å². The van der Waals surface area contributed by atoms with E-state index in [-0.39, 0.29) is 30.7 Å². The number of para-hydroxylation sites is 1. The van der Waals surface area contributed by atoms with Crippen LogP contribution in [0.1, 0.15) is 19.1 Å². The second-order valence-electron chi connectivity index (χ2n) is 6.86. The van der Waals surface area contributed by atoms with Gasteiger partial charge < -0.3 is 29.2 Å². The van der Waals surface area contributed by atoms with Crippen LogP contribution in [0.5, 0.6) is 5.75 Å². The number of terminal acetylenes is 1. The highest BCUT2D eigenvalue weighted by molar-refractivity contribution is 6.28. The van der Waals surface area contributed by atoms with Crippen LogP contribution >= 0.6 is 11.6 Å². The molecule has 2 atom stereocenters. The first-order valence-electron chi connectivity index (χ1n) is 9.42. The molecule has 1 aliphatic rings. The summed E-state index contributed by atoms with van der Waals surface area (Å²) in [5.74, 6) is 3.32. The van der Waals surface area contributed by atoms with E-state index in [0.717, 1.165) is 0 Å². The van der Waals surface area contributed by atoms with Crippen LogP contribution in [-0.4, -0.2) is 39.7 Å². The third-order valence-electron chi connectivity index (χ3n) is 4.84. The molecular formula is C21H19ClN4O5. The van der Waals surface area contributed by atoms with E-state index in [1.165, 1.54) is 0 Å². The van der Waals surface area contributed by atoms with Crippen LogP contribution in [0.25, 0.3) is 11.0 Å². The van der Waals surface area contributed by atoms with Crippen molar-refractivity contribution in [1.29, 1.82) is 0 Å². The number of benzene rings is 1. The van der Waals surface area contributed by atoms with Gasteiger partial charge in [0.15, 0.2) is 12.4 Å². The summed E-state index contributed by atoms with van der Waals surface area (Å²) in [7, 11) is 0. The Morgan fingerprint density at radius 3 is 2.94 bits per heavy atom. The Morgan fingerprint density at radius 2 is 2.16 bits per heavy atom. The number of carbonyl (C=O) groups excluding carboxylic acids is 1. The number of nitrogens with zero attached hydrogens (tertiary/aromatic N) is 3. The highest BCUT2D eigenvalue weighted by Crippen LogP contribution is 2.38. The summed E-state index contributed by atoms with van der Waals surface area (Å²) in [5.41, 5.74) is 5.49. The summed E-state index contributed by atoms with van der Waals surface area (Å²) < 4.78 is 23.3. The summed E-state index contributed by atoms with van der Waals surface area (Å²) in [5, 5.41) is 0.724. The van der Waals surface area contributed by atoms with Crippen LogP contribution in [0.15, 0.2) is 42.6 Å². The van der Waals surface area contributed by atoms with Gasteiger partial charge in [0.05, 0.1) is 12.0 Å². The van der Waals surface area contributed by atoms with E-state index in [2.05, 4.69) is 15.9 Å². The molecule has 1 aromatic carbocycles. The van der Waals surface area contributed by atoms with Crippen molar-refractivity contribution in [3.63, 3.8) is 0 Å². The third-order valence-corrected chi connectivity index (χ3v) is 5.01. The maximum atomic E-state index is 11.7. The maximum Gasteiger partial charge on any atom is 0.515 e. The van der Waals surface area contributed by atoms with Crippen LogP contribution in [0, 0.1) is 12.3 Å². The van der Waals surface area contributed by atoms with Crippen molar-refractivity contribution < 1.29 is 23.7 Å². The number of nitrogen functional groups attached to an aromatic ring is 1. The van der Waals surface area contributed by atoms with Crippen molar-refractivity contribution in [2.75, 3.05) is 19.1 Å². The molecule has 3 heterocycles. The van der Waals surface area contributed by atoms with E-state index in [9.17, 15) is 4.79 Å². The van der Waals surface area contributed by atoms with Crippen LogP contribution in [0.3, 0.4) is 0 Å². The van der Waals surface area contributed by atoms with Crippen molar-refractivity contribution in [2.45, 2.75) is 24.7 Å². The molecule has 1 unspecified atom stereocenters. The molecule has 0 bridgehead atoms. The SMILES string of the molecule is C#CC1(COCOC(=O)Oc2ccccc2)CC[C@H](n2ccc3c(N)nc(Cl)nc32)O1. The lowest BCUT2D eigenvalue weighted by Gasteiger charge is -2.24. The molecule has 0 saturated carbocycles. The van der Waals surface area contributed by atoms with Crippen molar-refractivity contribution >= 4 is 34.6 Å². The molecule has 1 fully saturated rings. The zero-order valence-electron chi connectivity index (χ0n) is 16.4. The average molecular weight is 443 g/mol. The standard InChI is InChI=1S/C21H19ClN4O5/c1-2-21(12-28-13-29-20(27)30-14-6-4-3-5-7-14)10-8-16(31-21)26-11-9-15-17(23)24-19(22)25-18(15)26/h1,3-7,9,11,16H,8,10,12-13H2,(H2,23,24,25)/t16-,21?/m1/s1. The first-order chi connectivity index (χ1) is 15.0. The predicted octanol–water partition coefficient (Wildman–Crippen LogP) is 3.54. The Hall–Kier alpha value is -3.32. The van der Waals surface area contributed by atoms with Gasteiger partial charge in [-0.05, 0) is 42.6 Å². The molecule has 9 nitrogen and oxygen atoms in total. The fraction of sp³-hybridized carbons (Fsp3) is 0.286. The fourth-order valence-electron chi connectivity index (χ4n) is 3.36. The highest BCUT2D eigenvalue weighted by Gasteiger charge is 2.40. The van der Waals surface area contributed by atoms with Gasteiger partial charge in [-0.25, -0.2) is 9.78 Å². The predicted molar refractivity (Wildman–Crippen MR) is 112 cm³/mol. The Balaban J connectivity index is 1.33. The number of fused-ring (bicyclic) bond motifs is 1. The third kappa shape index (κ3) is 4.56. The zero-order chi connectivity index (χ0) is 21.8. The van der Waals surface area contributed by atoms with Crippen LogP contribution in [0.2, 0.25) is 5.28 Å². The molecule has 2 N–H and O–H groups in total. The molecule has 0 aliphatic carbocycles. The first-order valence-corrected chi connectivity index (χ1v) is 9.80. The van der Waals surface area contributed by atoms with Crippen molar-refractivity contribution in [2.24, 2.45) is 0 Å². The van der Waals surface area contributed by atoms with E-state index in [1.807, 2.05) is 10.6 Å². The Bertz CT molecular complexity index is 1130. The van der Waals surface area contributed by atoms with Gasteiger partial charge in [-0.2, -0.15) is 4.98 Å². The highest BCUT2D eigenvalue weighted by atomic mass is 35.5. The molecule has 0 amide bonds. The molecule has 3 aromatic rings. The Kier molecular flexibility index (Phi) is 5.95. The Morgan fingerprint density at radius 1 is 1.35 bits per heavy atom. The summed E-state index contributed by atoms with van der Waals surface area (Å²) in [6.07, 6.45) is 7.42. The minimum Gasteiger partial charge on any atom is -0.407 e. The number of anilines is 1. The maximum absolute atomic E-state index is 11.7. The lowest BCUT2D eigenvalue weighted by molar-refractivity contribution is -0.110. The lowest BCUT2D eigenvalue weighted by atomic mass is 10.0.